The molecule has 1 aromatic rings. The van der Waals surface area contributed by atoms with Crippen LogP contribution >= 0.6 is 15.9 Å². The van der Waals surface area contributed by atoms with Gasteiger partial charge in [0.15, 0.2) is 8.32 Å². The van der Waals surface area contributed by atoms with Crippen LogP contribution in [0.4, 0.5) is 0 Å². The molecule has 1 heterocycles. The van der Waals surface area contributed by atoms with Crippen LogP contribution in [0.1, 0.15) is 84.1 Å². The van der Waals surface area contributed by atoms with E-state index in [1.807, 2.05) is 0 Å². The molecule has 37 heavy (non-hydrogen) atoms. The Morgan fingerprint density at radius 3 is 2.59 bits per heavy atom. The highest BCUT2D eigenvalue weighted by Crippen LogP contribution is 2.60. The molecule has 0 aromatic heterocycles. The van der Waals surface area contributed by atoms with Crippen LogP contribution in [0, 0.1) is 23.2 Å². The number of amides is 1. The summed E-state index contributed by atoms with van der Waals surface area (Å²) in [5.74, 6) is 2.32. The van der Waals surface area contributed by atoms with Crippen molar-refractivity contribution in [3.8, 4) is 0 Å². The SMILES string of the molecule is CCCC1(O[Si](C)(C)C)CC(C[C@@H](C)[C@H]2CC[C@H]3C(=CBr)CCC[C@]23C)N(CCc2ccccc2)C1=O. The Balaban J connectivity index is 1.57. The lowest BCUT2D eigenvalue weighted by Gasteiger charge is -2.45. The van der Waals surface area contributed by atoms with Gasteiger partial charge in [-0.2, -0.15) is 0 Å². The van der Waals surface area contributed by atoms with Crippen LogP contribution in [-0.4, -0.2) is 37.3 Å². The summed E-state index contributed by atoms with van der Waals surface area (Å²) >= 11 is 3.68. The highest BCUT2D eigenvalue weighted by molar-refractivity contribution is 9.11. The maximum Gasteiger partial charge on any atom is 0.254 e. The number of carbonyl (C=O) groups is 1. The summed E-state index contributed by atoms with van der Waals surface area (Å²) in [5.41, 5.74) is 2.71. The standard InChI is InChI=1S/C32H50BrNO2Si/c1-7-18-32(36-37(4,5)6)22-27(34(30(32)35)20-17-25-12-9-8-10-13-25)21-24(2)28-15-16-29-26(23-33)14-11-19-31(28,29)3/h8-10,12-13,23-24,27-29H,7,11,14-22H2,1-6H3/t24-,27?,28-,29+,31-,32?/m1/s1. The van der Waals surface area contributed by atoms with Crippen LogP contribution in [0.5, 0.6) is 0 Å². The number of nitrogens with zero attached hydrogens (tertiary/aromatic N) is 1. The van der Waals surface area contributed by atoms with E-state index in [-0.39, 0.29) is 11.9 Å². The molecule has 2 saturated carbocycles. The van der Waals surface area contributed by atoms with Crippen molar-refractivity contribution in [3.63, 3.8) is 0 Å². The van der Waals surface area contributed by atoms with E-state index in [1.165, 1.54) is 37.7 Å². The molecule has 206 valence electrons. The van der Waals surface area contributed by atoms with Gasteiger partial charge in [0, 0.05) is 19.0 Å². The largest absolute Gasteiger partial charge is 0.403 e. The summed E-state index contributed by atoms with van der Waals surface area (Å²) in [5, 5.41) is 0. The number of allylic oxidation sites excluding steroid dienone is 1. The van der Waals surface area contributed by atoms with Gasteiger partial charge in [-0.15, -0.1) is 0 Å². The molecule has 6 atom stereocenters. The molecule has 0 radical (unpaired) electrons. The van der Waals surface area contributed by atoms with Gasteiger partial charge in [0.1, 0.15) is 5.60 Å². The first-order valence-corrected chi connectivity index (χ1v) is 19.2. The molecule has 2 unspecified atom stereocenters. The summed E-state index contributed by atoms with van der Waals surface area (Å²) in [6.07, 6.45) is 11.2. The van der Waals surface area contributed by atoms with E-state index >= 15 is 0 Å². The predicted octanol–water partition coefficient (Wildman–Crippen LogP) is 8.74. The molecule has 0 bridgehead atoms. The first-order valence-electron chi connectivity index (χ1n) is 14.9. The molecular formula is C32H50BrNO2Si. The third kappa shape index (κ3) is 6.14. The number of halogens is 1. The maximum atomic E-state index is 14.2. The fraction of sp³-hybridized carbons (Fsp3) is 0.719. The zero-order valence-corrected chi connectivity index (χ0v) is 26.8. The van der Waals surface area contributed by atoms with Gasteiger partial charge in [0.05, 0.1) is 0 Å². The van der Waals surface area contributed by atoms with E-state index in [0.29, 0.717) is 11.3 Å². The number of carbonyl (C=O) groups excluding carboxylic acids is 1. The Labute approximate surface area is 236 Å². The van der Waals surface area contributed by atoms with E-state index in [0.717, 1.165) is 50.5 Å². The van der Waals surface area contributed by atoms with Crippen molar-refractivity contribution in [2.45, 2.75) is 116 Å². The van der Waals surface area contributed by atoms with Gasteiger partial charge in [-0.25, -0.2) is 0 Å². The van der Waals surface area contributed by atoms with Crippen molar-refractivity contribution in [1.29, 1.82) is 0 Å². The van der Waals surface area contributed by atoms with Crippen molar-refractivity contribution in [3.05, 3.63) is 46.5 Å². The molecule has 1 amide bonds. The second-order valence-electron chi connectivity index (χ2n) is 13.5. The Kier molecular flexibility index (Phi) is 9.18. The van der Waals surface area contributed by atoms with E-state index in [9.17, 15) is 4.79 Å². The van der Waals surface area contributed by atoms with Gasteiger partial charge in [0.2, 0.25) is 0 Å². The van der Waals surface area contributed by atoms with Crippen LogP contribution < -0.4 is 0 Å². The minimum atomic E-state index is -1.89. The van der Waals surface area contributed by atoms with E-state index < -0.39 is 13.9 Å². The van der Waals surface area contributed by atoms with Crippen LogP contribution in [0.3, 0.4) is 0 Å². The minimum absolute atomic E-state index is 0.266. The smallest absolute Gasteiger partial charge is 0.254 e. The normalized spacial score (nSPS) is 34.2. The topological polar surface area (TPSA) is 29.5 Å². The molecule has 0 spiro atoms. The number of likely N-dealkylation sites (tertiary alicyclic amines) is 1. The molecule has 4 rings (SSSR count). The molecule has 1 saturated heterocycles. The second kappa shape index (κ2) is 11.7. The Morgan fingerprint density at radius 1 is 1.22 bits per heavy atom. The van der Waals surface area contributed by atoms with Crippen molar-refractivity contribution in [2.24, 2.45) is 23.2 Å². The molecule has 1 aliphatic heterocycles. The molecule has 3 fully saturated rings. The van der Waals surface area contributed by atoms with Crippen LogP contribution in [0.25, 0.3) is 0 Å². The zero-order chi connectivity index (χ0) is 26.8. The molecule has 3 aliphatic rings. The highest BCUT2D eigenvalue weighted by atomic mass is 79.9. The van der Waals surface area contributed by atoms with Gasteiger partial charge in [-0.3, -0.25) is 4.79 Å². The average molecular weight is 589 g/mol. The van der Waals surface area contributed by atoms with Crippen LogP contribution in [0.15, 0.2) is 40.9 Å². The number of hydrogen-bond donors (Lipinski definition) is 0. The van der Waals surface area contributed by atoms with Gasteiger partial charge in [0.25, 0.3) is 5.91 Å². The number of rotatable bonds is 10. The van der Waals surface area contributed by atoms with Gasteiger partial charge in [-0.1, -0.05) is 79.0 Å². The number of benzene rings is 1. The summed E-state index contributed by atoms with van der Waals surface area (Å²) in [7, 11) is -1.89. The van der Waals surface area contributed by atoms with Crippen molar-refractivity contribution >= 4 is 30.2 Å². The lowest BCUT2D eigenvalue weighted by molar-refractivity contribution is -0.142. The fourth-order valence-electron chi connectivity index (χ4n) is 8.47. The molecule has 1 aromatic carbocycles. The molecule has 5 heteroatoms. The fourth-order valence-corrected chi connectivity index (χ4v) is 10.5. The third-order valence-electron chi connectivity index (χ3n) is 9.81. The first kappa shape index (κ1) is 29.1. The average Bonchev–Trinajstić information content (AvgIpc) is 3.31. The van der Waals surface area contributed by atoms with Crippen LogP contribution in [-0.2, 0) is 15.6 Å². The first-order chi connectivity index (χ1) is 17.5. The lowest BCUT2D eigenvalue weighted by atomic mass is 9.61. The van der Waals surface area contributed by atoms with Crippen molar-refractivity contribution < 1.29 is 9.22 Å². The number of fused-ring (bicyclic) bond motifs is 1. The maximum absolute atomic E-state index is 14.2. The molecule has 3 nitrogen and oxygen atoms in total. The molecule has 0 N–H and O–H groups in total. The van der Waals surface area contributed by atoms with E-state index in [4.69, 9.17) is 4.43 Å². The minimum Gasteiger partial charge on any atom is -0.403 e. The highest BCUT2D eigenvalue weighted by Gasteiger charge is 2.55. The van der Waals surface area contributed by atoms with E-state index in [1.54, 1.807) is 5.57 Å². The van der Waals surface area contributed by atoms with Gasteiger partial charge < -0.3 is 9.33 Å². The quantitative estimate of drug-likeness (QED) is 0.256. The molecule has 2 aliphatic carbocycles. The van der Waals surface area contributed by atoms with Gasteiger partial charge in [-0.05, 0) is 105 Å². The monoisotopic (exact) mass is 587 g/mol. The van der Waals surface area contributed by atoms with Gasteiger partial charge >= 0.3 is 0 Å². The van der Waals surface area contributed by atoms with Crippen LogP contribution in [0.2, 0.25) is 19.6 Å². The zero-order valence-electron chi connectivity index (χ0n) is 24.2. The van der Waals surface area contributed by atoms with Crippen molar-refractivity contribution in [1.82, 2.24) is 4.90 Å². The third-order valence-corrected chi connectivity index (χ3v) is 11.4. The summed E-state index contributed by atoms with van der Waals surface area (Å²) in [6, 6.07) is 10.9. The predicted molar refractivity (Wildman–Crippen MR) is 161 cm³/mol. The summed E-state index contributed by atoms with van der Waals surface area (Å²) in [4.78, 5) is 18.7. The number of hydrogen-bond acceptors (Lipinski definition) is 2. The Morgan fingerprint density at radius 2 is 1.95 bits per heavy atom. The van der Waals surface area contributed by atoms with E-state index in [2.05, 4.69) is 96.6 Å². The lowest BCUT2D eigenvalue weighted by Crippen LogP contribution is -2.49. The summed E-state index contributed by atoms with van der Waals surface area (Å²) in [6.45, 7) is 14.8. The summed E-state index contributed by atoms with van der Waals surface area (Å²) < 4.78 is 6.83. The van der Waals surface area contributed by atoms with Crippen molar-refractivity contribution in [2.75, 3.05) is 6.54 Å². The molecular weight excluding hydrogens is 538 g/mol. The Bertz CT molecular complexity index is 959. The Hall–Kier alpha value is -0.913. The second-order valence-corrected chi connectivity index (χ2v) is 18.4.